The minimum atomic E-state index is -4.54. The van der Waals surface area contributed by atoms with Crippen molar-refractivity contribution in [2.75, 3.05) is 0 Å². The number of halogens is 3. The number of nitrogens with zero attached hydrogens (tertiary/aromatic N) is 2. The molecule has 2 heterocycles. The molecule has 0 bridgehead atoms. The van der Waals surface area contributed by atoms with E-state index >= 15 is 0 Å². The highest BCUT2D eigenvalue weighted by atomic mass is 32.1. The fraction of sp³-hybridized carbons (Fsp3) is 0.214. The molecule has 6 nitrogen and oxygen atoms in total. The van der Waals surface area contributed by atoms with Gasteiger partial charge in [0.15, 0.2) is 0 Å². The van der Waals surface area contributed by atoms with Gasteiger partial charge in [0.2, 0.25) is 0 Å². The summed E-state index contributed by atoms with van der Waals surface area (Å²) in [5.41, 5.74) is 14.0. The van der Waals surface area contributed by atoms with E-state index in [4.69, 9.17) is 16.2 Å². The van der Waals surface area contributed by atoms with Crippen LogP contribution in [0.1, 0.15) is 52.1 Å². The van der Waals surface area contributed by atoms with Crippen molar-refractivity contribution in [3.8, 4) is 10.8 Å². The maximum atomic E-state index is 13.5. The van der Waals surface area contributed by atoms with Crippen molar-refractivity contribution in [2.45, 2.75) is 32.5 Å². The monoisotopic (exact) mass is 540 g/mol. The summed E-state index contributed by atoms with van der Waals surface area (Å²) >= 11 is 1.09. The van der Waals surface area contributed by atoms with Crippen LogP contribution < -0.4 is 16.2 Å². The summed E-state index contributed by atoms with van der Waals surface area (Å²) in [6.07, 6.45) is 6.26. The normalized spacial score (nSPS) is 16.7. The molecule has 1 amide bonds. The van der Waals surface area contributed by atoms with E-state index in [1.54, 1.807) is 23.0 Å². The van der Waals surface area contributed by atoms with E-state index in [2.05, 4.69) is 11.6 Å². The van der Waals surface area contributed by atoms with E-state index in [0.717, 1.165) is 34.4 Å². The van der Waals surface area contributed by atoms with E-state index in [9.17, 15) is 18.0 Å². The summed E-state index contributed by atoms with van der Waals surface area (Å²) in [6.45, 7) is 7.10. The minimum Gasteiger partial charge on any atom is -0.484 e. The Morgan fingerprint density at radius 3 is 2.71 bits per heavy atom. The van der Waals surface area contributed by atoms with Crippen LogP contribution in [0.5, 0.6) is 5.75 Å². The van der Waals surface area contributed by atoms with Gasteiger partial charge in [0.25, 0.3) is 5.91 Å². The summed E-state index contributed by atoms with van der Waals surface area (Å²) in [6, 6.07) is 6.79. The van der Waals surface area contributed by atoms with Crippen molar-refractivity contribution in [1.29, 1.82) is 0 Å². The fourth-order valence-electron chi connectivity index (χ4n) is 4.40. The Kier molecular flexibility index (Phi) is 7.63. The smallest absolute Gasteiger partial charge is 0.416 e. The average Bonchev–Trinajstić information content (AvgIpc) is 3.46. The van der Waals surface area contributed by atoms with E-state index in [1.165, 1.54) is 25.1 Å². The molecule has 0 saturated heterocycles. The van der Waals surface area contributed by atoms with Crippen molar-refractivity contribution in [2.24, 2.45) is 17.4 Å². The lowest BCUT2D eigenvalue weighted by molar-refractivity contribution is -0.138. The van der Waals surface area contributed by atoms with Crippen LogP contribution in [0.4, 0.5) is 13.2 Å². The number of hydrogen-bond acceptors (Lipinski definition) is 5. The molecule has 10 heteroatoms. The third-order valence-corrected chi connectivity index (χ3v) is 7.20. The van der Waals surface area contributed by atoms with E-state index in [0.29, 0.717) is 17.1 Å². The molecule has 0 spiro atoms. The van der Waals surface area contributed by atoms with Gasteiger partial charge in [-0.25, -0.2) is 4.98 Å². The summed E-state index contributed by atoms with van der Waals surface area (Å²) in [5.74, 6) is -0.567. The van der Waals surface area contributed by atoms with Crippen molar-refractivity contribution < 1.29 is 22.7 Å². The minimum absolute atomic E-state index is 0.0395. The predicted molar refractivity (Wildman–Crippen MR) is 143 cm³/mol. The Hall–Kier alpha value is -4.05. The standard InChI is InChI=1S/C28H27F3N4O2S/c1-4-7-18(12-16(2)32)19-10-11-23-22(13-19)34-15-35(23)25-14-24(26(38-25)27(33)36)37-17(3)20-8-5-6-9-21(20)28(29,30)31/h4-12,14-15,17,19H,1,13,32H2,2-3H3,(H2,33,36)/b16-12-,18-7+. The SMILES string of the molecule is C=C/C=C(\C=C(\C)N)C1C=Cc2c(ncn2-c2cc(OC(C)c3ccccc3C(F)(F)F)c(C(N)=O)s2)C1. The van der Waals surface area contributed by atoms with Gasteiger partial charge < -0.3 is 16.2 Å². The Bertz CT molecular complexity index is 1460. The summed E-state index contributed by atoms with van der Waals surface area (Å²) in [4.78, 5) is 16.9. The van der Waals surface area contributed by atoms with Crippen LogP contribution in [0.25, 0.3) is 11.1 Å². The first-order chi connectivity index (χ1) is 18.0. The molecule has 38 heavy (non-hydrogen) atoms. The third-order valence-electron chi connectivity index (χ3n) is 6.07. The number of benzene rings is 1. The Balaban J connectivity index is 1.65. The van der Waals surface area contributed by atoms with Gasteiger partial charge in [-0.2, -0.15) is 13.2 Å². The average molecular weight is 541 g/mol. The van der Waals surface area contributed by atoms with E-state index in [-0.39, 0.29) is 22.1 Å². The van der Waals surface area contributed by atoms with E-state index in [1.807, 2.05) is 31.2 Å². The zero-order valence-corrected chi connectivity index (χ0v) is 21.6. The number of thiophene rings is 1. The highest BCUT2D eigenvalue weighted by molar-refractivity contribution is 7.16. The molecule has 1 aliphatic rings. The number of fused-ring (bicyclic) bond motifs is 1. The maximum absolute atomic E-state index is 13.5. The second kappa shape index (κ2) is 10.7. The van der Waals surface area contributed by atoms with Gasteiger partial charge in [-0.1, -0.05) is 43.0 Å². The number of carbonyl (C=O) groups is 1. The van der Waals surface area contributed by atoms with Gasteiger partial charge in [0.1, 0.15) is 28.1 Å². The van der Waals surface area contributed by atoms with Gasteiger partial charge in [0.05, 0.1) is 17.0 Å². The van der Waals surface area contributed by atoms with Crippen LogP contribution in [0, 0.1) is 5.92 Å². The van der Waals surface area contributed by atoms with Gasteiger partial charge in [-0.3, -0.25) is 9.36 Å². The first-order valence-corrected chi connectivity index (χ1v) is 12.6. The van der Waals surface area contributed by atoms with E-state index < -0.39 is 23.8 Å². The third kappa shape index (κ3) is 5.60. The lowest BCUT2D eigenvalue weighted by atomic mass is 9.88. The van der Waals surface area contributed by atoms with Gasteiger partial charge in [-0.05, 0) is 37.6 Å². The largest absolute Gasteiger partial charge is 0.484 e. The Morgan fingerprint density at radius 2 is 2.05 bits per heavy atom. The zero-order valence-electron chi connectivity index (χ0n) is 20.8. The number of aromatic nitrogens is 2. The molecule has 1 aromatic carbocycles. The molecule has 0 saturated carbocycles. The van der Waals surface area contributed by atoms with Gasteiger partial charge in [-0.15, -0.1) is 11.3 Å². The topological polar surface area (TPSA) is 96.2 Å². The predicted octanol–water partition coefficient (Wildman–Crippen LogP) is 6.35. The number of amides is 1. The molecule has 198 valence electrons. The van der Waals surface area contributed by atoms with Gasteiger partial charge >= 0.3 is 6.18 Å². The van der Waals surface area contributed by atoms with Crippen LogP contribution in [-0.2, 0) is 12.6 Å². The first-order valence-electron chi connectivity index (χ1n) is 11.8. The van der Waals surface area contributed by atoms with Crippen LogP contribution in [0.3, 0.4) is 0 Å². The lowest BCUT2D eigenvalue weighted by Crippen LogP contribution is -2.15. The highest BCUT2D eigenvalue weighted by Gasteiger charge is 2.35. The summed E-state index contributed by atoms with van der Waals surface area (Å²) in [7, 11) is 0. The molecule has 4 rings (SSSR count). The molecule has 0 fully saturated rings. The number of rotatable bonds is 8. The number of primary amides is 1. The zero-order chi connectivity index (χ0) is 27.6. The second-order valence-electron chi connectivity index (χ2n) is 8.89. The number of hydrogen-bond donors (Lipinski definition) is 2. The van der Waals surface area contributed by atoms with Crippen LogP contribution in [0.15, 0.2) is 78.8 Å². The molecule has 3 aromatic rings. The Labute approximate surface area is 222 Å². The van der Waals surface area contributed by atoms with Crippen molar-refractivity contribution in [1.82, 2.24) is 9.55 Å². The molecule has 4 N–H and O–H groups in total. The van der Waals surface area contributed by atoms with Crippen molar-refractivity contribution >= 4 is 23.3 Å². The number of allylic oxidation sites excluding steroid dienone is 6. The molecular formula is C28H27F3N4O2S. The highest BCUT2D eigenvalue weighted by Crippen LogP contribution is 2.40. The fourth-order valence-corrected chi connectivity index (χ4v) is 5.33. The Morgan fingerprint density at radius 1 is 1.32 bits per heavy atom. The molecule has 0 radical (unpaired) electrons. The summed E-state index contributed by atoms with van der Waals surface area (Å²) < 4.78 is 48.3. The number of carbonyl (C=O) groups excluding carboxylic acids is 1. The quantitative estimate of drug-likeness (QED) is 0.325. The lowest BCUT2D eigenvalue weighted by Gasteiger charge is -2.19. The van der Waals surface area contributed by atoms with Gasteiger partial charge in [0, 0.05) is 29.7 Å². The summed E-state index contributed by atoms with van der Waals surface area (Å²) in [5, 5.41) is 0.599. The van der Waals surface area contributed by atoms with Crippen LogP contribution in [0.2, 0.25) is 0 Å². The van der Waals surface area contributed by atoms with Crippen molar-refractivity contribution in [3.05, 3.63) is 106 Å². The number of alkyl halides is 3. The first kappa shape index (κ1) is 27.0. The van der Waals surface area contributed by atoms with Crippen LogP contribution in [-0.4, -0.2) is 15.5 Å². The van der Waals surface area contributed by atoms with Crippen LogP contribution >= 0.6 is 11.3 Å². The van der Waals surface area contributed by atoms with Crippen molar-refractivity contribution in [3.63, 3.8) is 0 Å². The molecule has 2 unspecified atom stereocenters. The number of imidazole rings is 1. The number of nitrogens with two attached hydrogens (primary N) is 2. The maximum Gasteiger partial charge on any atom is 0.416 e. The number of ether oxygens (including phenoxy) is 1. The second-order valence-corrected chi connectivity index (χ2v) is 9.92. The molecule has 1 aliphatic carbocycles. The molecule has 2 aromatic heterocycles. The molecule has 0 aliphatic heterocycles. The molecular weight excluding hydrogens is 513 g/mol. The molecule has 2 atom stereocenters.